The third kappa shape index (κ3) is 3.92. The summed E-state index contributed by atoms with van der Waals surface area (Å²) in [5, 5.41) is 8.81. The summed E-state index contributed by atoms with van der Waals surface area (Å²) in [4.78, 5) is 10.8. The van der Waals surface area contributed by atoms with E-state index in [2.05, 4.69) is 0 Å². The number of carboxylic acid groups (broad SMARTS) is 1. The first-order chi connectivity index (χ1) is 11.1. The molecule has 0 unspecified atom stereocenters. The van der Waals surface area contributed by atoms with Gasteiger partial charge in [-0.25, -0.2) is 12.8 Å². The van der Waals surface area contributed by atoms with E-state index in [-0.39, 0.29) is 25.7 Å². The lowest BCUT2D eigenvalue weighted by molar-refractivity contribution is -0.135. The normalized spacial score (nSPS) is 11.3. The number of nitrogens with zero attached hydrogens (tertiary/aromatic N) is 1. The molecule has 0 saturated heterocycles. The van der Waals surface area contributed by atoms with Crippen LogP contribution in [-0.4, -0.2) is 26.0 Å². The van der Waals surface area contributed by atoms with E-state index < -0.39 is 28.4 Å². The van der Waals surface area contributed by atoms with Crippen molar-refractivity contribution in [2.75, 3.05) is 10.8 Å². The molecule has 0 aromatic heterocycles. The molecular weight excluding hydrogens is 404 g/mol. The van der Waals surface area contributed by atoms with Crippen LogP contribution >= 0.6 is 34.8 Å². The molecule has 10 heteroatoms. The number of carboxylic acids is 1. The lowest BCUT2D eigenvalue weighted by atomic mass is 10.3. The summed E-state index contributed by atoms with van der Waals surface area (Å²) in [6, 6.07) is 6.63. The number of sulfonamides is 1. The summed E-state index contributed by atoms with van der Waals surface area (Å²) >= 11 is 17.2. The fourth-order valence-electron chi connectivity index (χ4n) is 1.84. The van der Waals surface area contributed by atoms with Crippen LogP contribution in [0.15, 0.2) is 41.3 Å². The first-order valence-corrected chi connectivity index (χ1v) is 8.85. The topological polar surface area (TPSA) is 74.7 Å². The highest BCUT2D eigenvalue weighted by atomic mass is 35.5. The van der Waals surface area contributed by atoms with Crippen LogP contribution in [0.3, 0.4) is 0 Å². The van der Waals surface area contributed by atoms with E-state index in [0.717, 1.165) is 24.3 Å². The molecule has 2 aromatic rings. The monoisotopic (exact) mass is 411 g/mol. The number of halogens is 4. The van der Waals surface area contributed by atoms with Gasteiger partial charge in [0, 0.05) is 0 Å². The Morgan fingerprint density at radius 2 is 1.71 bits per heavy atom. The van der Waals surface area contributed by atoms with Crippen molar-refractivity contribution < 1.29 is 22.7 Å². The lowest BCUT2D eigenvalue weighted by Crippen LogP contribution is -2.35. The average Bonchev–Trinajstić information content (AvgIpc) is 2.50. The maximum absolute atomic E-state index is 13.3. The molecule has 0 spiro atoms. The molecule has 0 aliphatic rings. The quantitative estimate of drug-likeness (QED) is 0.803. The molecule has 0 fully saturated rings. The zero-order chi connectivity index (χ0) is 18.1. The molecule has 0 amide bonds. The van der Waals surface area contributed by atoms with E-state index in [1.807, 2.05) is 0 Å². The molecule has 2 aromatic carbocycles. The van der Waals surface area contributed by atoms with Gasteiger partial charge in [-0.15, -0.1) is 0 Å². The van der Waals surface area contributed by atoms with Gasteiger partial charge in [0.05, 0.1) is 25.7 Å². The molecule has 1 N–H and O–H groups in total. The molecule has 0 saturated carbocycles. The van der Waals surface area contributed by atoms with Gasteiger partial charge in [0.15, 0.2) is 0 Å². The van der Waals surface area contributed by atoms with Crippen LogP contribution in [0.2, 0.25) is 15.1 Å². The van der Waals surface area contributed by atoms with Crippen molar-refractivity contribution in [2.24, 2.45) is 0 Å². The number of hydrogen-bond acceptors (Lipinski definition) is 3. The van der Waals surface area contributed by atoms with E-state index in [0.29, 0.717) is 4.31 Å². The number of hydrogen-bond donors (Lipinski definition) is 1. The van der Waals surface area contributed by atoms with Crippen LogP contribution in [0.4, 0.5) is 10.1 Å². The fourth-order valence-corrected chi connectivity index (χ4v) is 3.81. The first kappa shape index (κ1) is 18.8. The van der Waals surface area contributed by atoms with Gasteiger partial charge in [-0.3, -0.25) is 9.10 Å². The third-order valence-corrected chi connectivity index (χ3v) is 5.75. The Labute approximate surface area is 152 Å². The van der Waals surface area contributed by atoms with Crippen LogP contribution in [0.1, 0.15) is 0 Å². The lowest BCUT2D eigenvalue weighted by Gasteiger charge is -2.23. The van der Waals surface area contributed by atoms with Crippen LogP contribution in [0.5, 0.6) is 0 Å². The molecular formula is C14H9Cl3FNO4S. The van der Waals surface area contributed by atoms with Crippen LogP contribution in [0.25, 0.3) is 0 Å². The maximum Gasteiger partial charge on any atom is 0.324 e. The van der Waals surface area contributed by atoms with Crippen molar-refractivity contribution in [1.29, 1.82) is 0 Å². The predicted molar refractivity (Wildman–Crippen MR) is 90.0 cm³/mol. The van der Waals surface area contributed by atoms with Gasteiger partial charge in [-0.05, 0) is 36.4 Å². The van der Waals surface area contributed by atoms with Gasteiger partial charge in [-0.2, -0.15) is 0 Å². The van der Waals surface area contributed by atoms with Crippen LogP contribution in [0, 0.1) is 5.82 Å². The highest BCUT2D eigenvalue weighted by Crippen LogP contribution is 2.30. The van der Waals surface area contributed by atoms with Crippen LogP contribution in [-0.2, 0) is 14.8 Å². The maximum atomic E-state index is 13.3. The third-order valence-electron chi connectivity index (χ3n) is 2.95. The van der Waals surface area contributed by atoms with Crippen molar-refractivity contribution in [1.82, 2.24) is 0 Å². The van der Waals surface area contributed by atoms with E-state index in [4.69, 9.17) is 39.9 Å². The SMILES string of the molecule is O=C(O)CN(c1ccc(F)c(Cl)c1)S(=O)(=O)c1ccc(Cl)c(Cl)c1. The number of anilines is 1. The standard InChI is InChI=1S/C14H9Cl3FNO4S/c15-10-3-2-9(6-11(10)16)24(22,23)19(7-14(20)21)8-1-4-13(18)12(17)5-8/h1-6H,7H2,(H,20,21). The summed E-state index contributed by atoms with van der Waals surface area (Å²) in [7, 11) is -4.29. The minimum Gasteiger partial charge on any atom is -0.480 e. The van der Waals surface area contributed by atoms with Gasteiger partial charge >= 0.3 is 5.97 Å². The Balaban J connectivity index is 2.59. The highest BCUT2D eigenvalue weighted by molar-refractivity contribution is 7.92. The van der Waals surface area contributed by atoms with E-state index >= 15 is 0 Å². The molecule has 2 rings (SSSR count). The smallest absolute Gasteiger partial charge is 0.324 e. The largest absolute Gasteiger partial charge is 0.480 e. The highest BCUT2D eigenvalue weighted by Gasteiger charge is 2.28. The van der Waals surface area contributed by atoms with E-state index in [1.165, 1.54) is 12.1 Å². The summed E-state index contributed by atoms with van der Waals surface area (Å²) < 4.78 is 39.4. The Morgan fingerprint density at radius 3 is 2.25 bits per heavy atom. The molecule has 0 heterocycles. The number of benzene rings is 2. The van der Waals surface area contributed by atoms with Gasteiger partial charge in [0.2, 0.25) is 0 Å². The summed E-state index contributed by atoms with van der Waals surface area (Å²) in [5.74, 6) is -2.17. The Morgan fingerprint density at radius 1 is 1.04 bits per heavy atom. The Bertz CT molecular complexity index is 905. The predicted octanol–water partition coefficient (Wildman–Crippen LogP) is 4.07. The van der Waals surface area contributed by atoms with Crippen molar-refractivity contribution >= 4 is 56.5 Å². The molecule has 0 atom stereocenters. The Hall–Kier alpha value is -1.54. The molecule has 128 valence electrons. The minimum atomic E-state index is -4.29. The van der Waals surface area contributed by atoms with E-state index in [9.17, 15) is 17.6 Å². The number of carbonyl (C=O) groups is 1. The molecule has 0 radical (unpaired) electrons. The van der Waals surface area contributed by atoms with E-state index in [1.54, 1.807) is 0 Å². The summed E-state index contributed by atoms with van der Waals surface area (Å²) in [6.45, 7) is -0.884. The number of aliphatic carboxylic acids is 1. The minimum absolute atomic E-state index is 0.00912. The Kier molecular flexibility index (Phi) is 5.59. The fraction of sp³-hybridized carbons (Fsp3) is 0.0714. The second-order valence-electron chi connectivity index (χ2n) is 4.58. The summed E-state index contributed by atoms with van der Waals surface area (Å²) in [6.07, 6.45) is 0. The molecule has 5 nitrogen and oxygen atoms in total. The van der Waals surface area contributed by atoms with Gasteiger partial charge in [0.1, 0.15) is 12.4 Å². The van der Waals surface area contributed by atoms with Gasteiger partial charge in [0.25, 0.3) is 10.0 Å². The number of rotatable bonds is 5. The second kappa shape index (κ2) is 7.14. The average molecular weight is 413 g/mol. The van der Waals surface area contributed by atoms with Crippen molar-refractivity contribution in [3.8, 4) is 0 Å². The molecule has 0 aliphatic carbocycles. The molecule has 24 heavy (non-hydrogen) atoms. The molecule has 0 aliphatic heterocycles. The van der Waals surface area contributed by atoms with Crippen molar-refractivity contribution in [3.05, 3.63) is 57.3 Å². The molecule has 0 bridgehead atoms. The first-order valence-electron chi connectivity index (χ1n) is 6.27. The zero-order valence-electron chi connectivity index (χ0n) is 11.7. The summed E-state index contributed by atoms with van der Waals surface area (Å²) in [5.41, 5.74) is -0.102. The van der Waals surface area contributed by atoms with Crippen molar-refractivity contribution in [2.45, 2.75) is 4.90 Å². The van der Waals surface area contributed by atoms with Gasteiger partial charge < -0.3 is 5.11 Å². The van der Waals surface area contributed by atoms with Gasteiger partial charge in [-0.1, -0.05) is 34.8 Å². The second-order valence-corrected chi connectivity index (χ2v) is 7.66. The zero-order valence-corrected chi connectivity index (χ0v) is 14.8. The van der Waals surface area contributed by atoms with Crippen molar-refractivity contribution in [3.63, 3.8) is 0 Å². The van der Waals surface area contributed by atoms with Crippen LogP contribution < -0.4 is 4.31 Å².